The Kier molecular flexibility index (Phi) is 7.60. The summed E-state index contributed by atoms with van der Waals surface area (Å²) in [5.41, 5.74) is 5.24. The van der Waals surface area contributed by atoms with Crippen LogP contribution in [0.15, 0.2) is 102 Å². The molecule has 0 aliphatic rings. The number of aromatic hydroxyl groups is 2. The van der Waals surface area contributed by atoms with Crippen LogP contribution in [-0.2, 0) is 13.2 Å². The molecule has 0 spiro atoms. The molecule has 4 rings (SSSR count). The van der Waals surface area contributed by atoms with Gasteiger partial charge in [0.2, 0.25) is 0 Å². The Bertz CT molecular complexity index is 1310. The predicted octanol–water partition coefficient (Wildman–Crippen LogP) is 5.02. The van der Waals surface area contributed by atoms with Gasteiger partial charge in [0, 0.05) is 6.07 Å². The van der Waals surface area contributed by atoms with Crippen molar-refractivity contribution in [1.29, 1.82) is 0 Å². The third-order valence-electron chi connectivity index (χ3n) is 5.06. The van der Waals surface area contributed by atoms with Crippen molar-refractivity contribution in [3.63, 3.8) is 0 Å². The van der Waals surface area contributed by atoms with E-state index < -0.39 is 5.91 Å². The summed E-state index contributed by atoms with van der Waals surface area (Å²) in [5.74, 6) is -0.0585. The lowest BCUT2D eigenvalue weighted by molar-refractivity contribution is 0.0950. The van der Waals surface area contributed by atoms with Crippen molar-refractivity contribution in [2.75, 3.05) is 0 Å². The maximum Gasteiger partial charge on any atom is 0.275 e. The average molecular weight is 469 g/mol. The Balaban J connectivity index is 1.49. The van der Waals surface area contributed by atoms with E-state index in [4.69, 9.17) is 9.47 Å². The van der Waals surface area contributed by atoms with E-state index in [1.165, 1.54) is 18.3 Å². The van der Waals surface area contributed by atoms with Crippen molar-refractivity contribution in [2.24, 2.45) is 5.10 Å². The Morgan fingerprint density at radius 2 is 1.43 bits per heavy atom. The summed E-state index contributed by atoms with van der Waals surface area (Å²) < 4.78 is 11.9. The largest absolute Gasteiger partial charge is 0.504 e. The number of hydrazone groups is 1. The second-order valence-corrected chi connectivity index (χ2v) is 7.65. The highest BCUT2D eigenvalue weighted by Crippen LogP contribution is 2.27. The minimum atomic E-state index is -0.470. The maximum atomic E-state index is 12.8. The number of amides is 1. The first-order chi connectivity index (χ1) is 17.1. The molecule has 7 nitrogen and oxygen atoms in total. The highest BCUT2D eigenvalue weighted by molar-refractivity contribution is 5.97. The average Bonchev–Trinajstić information content (AvgIpc) is 2.89. The van der Waals surface area contributed by atoms with Gasteiger partial charge in [-0.3, -0.25) is 4.79 Å². The number of carbonyl (C=O) groups excluding carboxylic acids is 1. The number of carbonyl (C=O) groups is 1. The number of phenols is 2. The fourth-order valence-electron chi connectivity index (χ4n) is 3.22. The van der Waals surface area contributed by atoms with Gasteiger partial charge in [0.05, 0.1) is 11.8 Å². The zero-order valence-corrected chi connectivity index (χ0v) is 18.8. The quantitative estimate of drug-likeness (QED) is 0.182. The van der Waals surface area contributed by atoms with Crippen molar-refractivity contribution in [3.05, 3.63) is 119 Å². The number of hydrogen-bond donors (Lipinski definition) is 3. The van der Waals surface area contributed by atoms with Crippen molar-refractivity contribution in [2.45, 2.75) is 13.2 Å². The van der Waals surface area contributed by atoms with Crippen molar-refractivity contribution >= 4 is 12.1 Å². The topological polar surface area (TPSA) is 100 Å². The lowest BCUT2D eigenvalue weighted by Gasteiger charge is -2.13. The molecule has 0 bridgehead atoms. The van der Waals surface area contributed by atoms with Crippen LogP contribution in [-0.4, -0.2) is 22.3 Å². The van der Waals surface area contributed by atoms with Gasteiger partial charge < -0.3 is 19.7 Å². The van der Waals surface area contributed by atoms with Crippen molar-refractivity contribution < 1.29 is 24.5 Å². The molecule has 0 saturated carbocycles. The van der Waals surface area contributed by atoms with Crippen LogP contribution >= 0.6 is 0 Å². The van der Waals surface area contributed by atoms with Gasteiger partial charge in [0.15, 0.2) is 11.5 Å². The molecular weight excluding hydrogens is 444 g/mol. The van der Waals surface area contributed by atoms with Gasteiger partial charge in [-0.25, -0.2) is 5.43 Å². The number of nitrogens with zero attached hydrogens (tertiary/aromatic N) is 1. The molecule has 0 heterocycles. The van der Waals surface area contributed by atoms with Gasteiger partial charge >= 0.3 is 0 Å². The summed E-state index contributed by atoms with van der Waals surface area (Å²) >= 11 is 0. The van der Waals surface area contributed by atoms with Gasteiger partial charge in [-0.15, -0.1) is 0 Å². The Morgan fingerprint density at radius 3 is 2.09 bits per heavy atom. The number of rotatable bonds is 9. The first kappa shape index (κ1) is 23.4. The molecule has 0 aliphatic heterocycles. The van der Waals surface area contributed by atoms with Gasteiger partial charge in [-0.2, -0.15) is 5.10 Å². The summed E-state index contributed by atoms with van der Waals surface area (Å²) in [6.45, 7) is 0.660. The molecule has 4 aromatic rings. The van der Waals surface area contributed by atoms with Crippen LogP contribution in [0.5, 0.6) is 23.0 Å². The number of benzene rings is 4. The number of hydrogen-bond acceptors (Lipinski definition) is 6. The van der Waals surface area contributed by atoms with E-state index >= 15 is 0 Å². The fourth-order valence-corrected chi connectivity index (χ4v) is 3.22. The molecule has 0 unspecified atom stereocenters. The van der Waals surface area contributed by atoms with E-state index in [-0.39, 0.29) is 18.1 Å². The van der Waals surface area contributed by atoms with E-state index in [2.05, 4.69) is 10.5 Å². The monoisotopic (exact) mass is 468 g/mol. The molecule has 3 N–H and O–H groups in total. The lowest BCUT2D eigenvalue weighted by atomic mass is 10.1. The van der Waals surface area contributed by atoms with Crippen LogP contribution in [0.4, 0.5) is 0 Å². The molecular formula is C28H24N2O5. The van der Waals surface area contributed by atoms with Gasteiger partial charge in [-0.05, 0) is 47.0 Å². The van der Waals surface area contributed by atoms with Crippen LogP contribution in [0.1, 0.15) is 27.0 Å². The summed E-state index contributed by atoms with van der Waals surface area (Å²) in [6.07, 6.45) is 1.36. The smallest absolute Gasteiger partial charge is 0.275 e. The van der Waals surface area contributed by atoms with E-state index in [1.54, 1.807) is 24.3 Å². The second kappa shape index (κ2) is 11.4. The molecule has 0 fully saturated rings. The number of nitrogens with one attached hydrogen (secondary N) is 1. The highest BCUT2D eigenvalue weighted by atomic mass is 16.5. The molecule has 0 atom stereocenters. The highest BCUT2D eigenvalue weighted by Gasteiger charge is 2.14. The molecule has 0 aromatic heterocycles. The second-order valence-electron chi connectivity index (χ2n) is 7.65. The van der Waals surface area contributed by atoms with Gasteiger partial charge in [0.1, 0.15) is 24.7 Å². The Morgan fingerprint density at radius 1 is 0.771 bits per heavy atom. The van der Waals surface area contributed by atoms with Crippen LogP contribution in [0.25, 0.3) is 0 Å². The van der Waals surface area contributed by atoms with Crippen LogP contribution in [0.3, 0.4) is 0 Å². The standard InChI is InChI=1S/C28H24N2O5/c31-25-14-11-22(15-26(25)32)17-29-30-28(33)24-13-12-23(34-18-20-7-3-1-4-8-20)16-27(24)35-19-21-9-5-2-6-10-21/h1-17,31-32H,18-19H2,(H,30,33)/b29-17+. The van der Waals surface area contributed by atoms with Crippen LogP contribution in [0, 0.1) is 0 Å². The first-order valence-corrected chi connectivity index (χ1v) is 10.9. The predicted molar refractivity (Wildman–Crippen MR) is 133 cm³/mol. The van der Waals surface area contributed by atoms with E-state index in [1.807, 2.05) is 60.7 Å². The molecule has 7 heteroatoms. The minimum Gasteiger partial charge on any atom is -0.504 e. The summed E-state index contributed by atoms with van der Waals surface area (Å²) in [5, 5.41) is 22.9. The summed E-state index contributed by atoms with van der Waals surface area (Å²) in [7, 11) is 0. The van der Waals surface area contributed by atoms with Gasteiger partial charge in [0.25, 0.3) is 5.91 Å². The number of ether oxygens (including phenoxy) is 2. The Labute approximate surface area is 202 Å². The van der Waals surface area contributed by atoms with Crippen molar-refractivity contribution in [3.8, 4) is 23.0 Å². The number of phenolic OH excluding ortho intramolecular Hbond substituents is 2. The van der Waals surface area contributed by atoms with Crippen LogP contribution in [0.2, 0.25) is 0 Å². The zero-order valence-electron chi connectivity index (χ0n) is 18.8. The zero-order chi connectivity index (χ0) is 24.5. The molecule has 1 amide bonds. The van der Waals surface area contributed by atoms with Crippen LogP contribution < -0.4 is 14.9 Å². The first-order valence-electron chi connectivity index (χ1n) is 10.9. The molecule has 4 aromatic carbocycles. The van der Waals surface area contributed by atoms with Gasteiger partial charge in [-0.1, -0.05) is 60.7 Å². The molecule has 0 radical (unpaired) electrons. The van der Waals surface area contributed by atoms with E-state index in [0.717, 1.165) is 11.1 Å². The molecule has 0 aliphatic carbocycles. The maximum absolute atomic E-state index is 12.8. The normalized spacial score (nSPS) is 10.7. The lowest BCUT2D eigenvalue weighted by Crippen LogP contribution is -2.19. The van der Waals surface area contributed by atoms with E-state index in [9.17, 15) is 15.0 Å². The third kappa shape index (κ3) is 6.61. The summed E-state index contributed by atoms with van der Waals surface area (Å²) in [6, 6.07) is 28.6. The Hall–Kier alpha value is -4.78. The third-order valence-corrected chi connectivity index (χ3v) is 5.06. The van der Waals surface area contributed by atoms with E-state index in [0.29, 0.717) is 29.2 Å². The SMILES string of the molecule is O=C(N/N=C/c1ccc(O)c(O)c1)c1ccc(OCc2ccccc2)cc1OCc1ccccc1. The molecule has 0 saturated heterocycles. The van der Waals surface area contributed by atoms with Crippen molar-refractivity contribution in [1.82, 2.24) is 5.43 Å². The molecule has 176 valence electrons. The summed E-state index contributed by atoms with van der Waals surface area (Å²) in [4.78, 5) is 12.8. The minimum absolute atomic E-state index is 0.235. The fraction of sp³-hybridized carbons (Fsp3) is 0.0714. The molecule has 35 heavy (non-hydrogen) atoms.